The number of amides is 1. The van der Waals surface area contributed by atoms with Crippen molar-refractivity contribution in [2.75, 3.05) is 36.5 Å². The molecule has 1 aromatic carbocycles. The van der Waals surface area contributed by atoms with Gasteiger partial charge in [0.05, 0.1) is 26.1 Å². The smallest absolute Gasteiger partial charge is 0.248 e. The van der Waals surface area contributed by atoms with E-state index < -0.39 is 0 Å². The third kappa shape index (κ3) is 4.04. The van der Waals surface area contributed by atoms with Crippen molar-refractivity contribution in [1.82, 2.24) is 0 Å². The molecule has 0 spiro atoms. The zero-order valence-corrected chi connectivity index (χ0v) is 13.3. The van der Waals surface area contributed by atoms with Gasteiger partial charge in [-0.15, -0.1) is 0 Å². The number of nitrogens with one attached hydrogen (secondary N) is 1. The predicted molar refractivity (Wildman–Crippen MR) is 91.8 cm³/mol. The molecule has 6 heteroatoms. The summed E-state index contributed by atoms with van der Waals surface area (Å²) >= 11 is 0. The van der Waals surface area contributed by atoms with Gasteiger partial charge in [-0.2, -0.15) is 0 Å². The quantitative estimate of drug-likeness (QED) is 0.824. The monoisotopic (exact) mass is 328 g/mol. The molecule has 126 valence electrons. The zero-order valence-electron chi connectivity index (χ0n) is 13.3. The molecule has 0 aliphatic carbocycles. The van der Waals surface area contributed by atoms with Crippen molar-refractivity contribution in [3.63, 3.8) is 0 Å². The van der Waals surface area contributed by atoms with Gasteiger partial charge in [0.1, 0.15) is 5.76 Å². The molecular formula is C18H20N2O4. The lowest BCUT2D eigenvalue weighted by Crippen LogP contribution is -2.36. The Kier molecular flexibility index (Phi) is 5.30. The predicted octanol–water partition coefficient (Wildman–Crippen LogP) is 2.26. The van der Waals surface area contributed by atoms with E-state index in [-0.39, 0.29) is 12.5 Å². The highest BCUT2D eigenvalue weighted by Crippen LogP contribution is 2.25. The Labute approximate surface area is 140 Å². The summed E-state index contributed by atoms with van der Waals surface area (Å²) < 4.78 is 10.5. The second-order valence-corrected chi connectivity index (χ2v) is 5.44. The van der Waals surface area contributed by atoms with E-state index in [1.165, 1.54) is 6.08 Å². The molecule has 2 heterocycles. The Hall–Kier alpha value is -2.57. The summed E-state index contributed by atoms with van der Waals surface area (Å²) in [5.74, 6) is 0.360. The molecule has 24 heavy (non-hydrogen) atoms. The van der Waals surface area contributed by atoms with Crippen molar-refractivity contribution in [2.45, 2.75) is 6.61 Å². The third-order valence-electron chi connectivity index (χ3n) is 3.81. The molecule has 1 aromatic heterocycles. The van der Waals surface area contributed by atoms with Crippen LogP contribution < -0.4 is 10.2 Å². The van der Waals surface area contributed by atoms with Crippen LogP contribution in [0.1, 0.15) is 11.3 Å². The summed E-state index contributed by atoms with van der Waals surface area (Å²) in [6.07, 6.45) is 4.56. The van der Waals surface area contributed by atoms with E-state index in [2.05, 4.69) is 10.2 Å². The number of aliphatic hydroxyl groups excluding tert-OH is 1. The summed E-state index contributed by atoms with van der Waals surface area (Å²) in [5.41, 5.74) is 2.40. The van der Waals surface area contributed by atoms with Gasteiger partial charge in [-0.3, -0.25) is 4.79 Å². The van der Waals surface area contributed by atoms with Crippen LogP contribution >= 0.6 is 0 Å². The van der Waals surface area contributed by atoms with Crippen molar-refractivity contribution >= 4 is 23.4 Å². The van der Waals surface area contributed by atoms with Crippen molar-refractivity contribution in [1.29, 1.82) is 0 Å². The fraction of sp³-hybridized carbons (Fsp3) is 0.278. The summed E-state index contributed by atoms with van der Waals surface area (Å²) in [6, 6.07) is 9.08. The van der Waals surface area contributed by atoms with E-state index in [9.17, 15) is 9.90 Å². The van der Waals surface area contributed by atoms with Gasteiger partial charge in [0, 0.05) is 36.1 Å². The summed E-state index contributed by atoms with van der Waals surface area (Å²) in [4.78, 5) is 14.1. The van der Waals surface area contributed by atoms with E-state index in [4.69, 9.17) is 9.15 Å². The first-order chi connectivity index (χ1) is 11.8. The highest BCUT2D eigenvalue weighted by molar-refractivity contribution is 6.01. The lowest BCUT2D eigenvalue weighted by Gasteiger charge is -2.30. The van der Waals surface area contributed by atoms with Crippen LogP contribution in [0.4, 0.5) is 11.4 Å². The number of rotatable bonds is 5. The average molecular weight is 328 g/mol. The first-order valence-electron chi connectivity index (χ1n) is 7.85. The number of furan rings is 1. The second-order valence-electron chi connectivity index (χ2n) is 5.44. The first kappa shape index (κ1) is 16.3. The molecular weight excluding hydrogens is 308 g/mol. The lowest BCUT2D eigenvalue weighted by molar-refractivity contribution is -0.111. The van der Waals surface area contributed by atoms with Crippen molar-refractivity contribution in [2.24, 2.45) is 0 Å². The van der Waals surface area contributed by atoms with Gasteiger partial charge in [-0.25, -0.2) is 0 Å². The Balaban J connectivity index is 1.68. The number of carbonyl (C=O) groups is 1. The standard InChI is InChI=1S/C18H20N2O4/c21-13-14-12-15(3-5-17(14)20-7-10-23-11-8-20)19-18(22)6-4-16-2-1-9-24-16/h1-6,9,12,21H,7-8,10-11,13H2,(H,19,22)/b6-4+. The molecule has 2 aromatic rings. The molecule has 1 aliphatic rings. The van der Waals surface area contributed by atoms with E-state index in [1.807, 2.05) is 12.1 Å². The molecule has 0 atom stereocenters. The molecule has 3 rings (SSSR count). The van der Waals surface area contributed by atoms with Crippen LogP contribution in [0, 0.1) is 0 Å². The largest absolute Gasteiger partial charge is 0.465 e. The number of benzene rings is 1. The number of morpholine rings is 1. The van der Waals surface area contributed by atoms with Gasteiger partial charge in [0.15, 0.2) is 0 Å². The van der Waals surface area contributed by atoms with Crippen LogP contribution in [0.25, 0.3) is 6.08 Å². The van der Waals surface area contributed by atoms with E-state index >= 15 is 0 Å². The molecule has 0 unspecified atom stereocenters. The van der Waals surface area contributed by atoms with E-state index in [0.29, 0.717) is 24.7 Å². The first-order valence-corrected chi connectivity index (χ1v) is 7.85. The van der Waals surface area contributed by atoms with Crippen molar-refractivity contribution < 1.29 is 19.1 Å². The average Bonchev–Trinajstić information content (AvgIpc) is 3.14. The van der Waals surface area contributed by atoms with Crippen LogP contribution in [-0.4, -0.2) is 37.3 Å². The topological polar surface area (TPSA) is 74.9 Å². The summed E-state index contributed by atoms with van der Waals surface area (Å²) in [7, 11) is 0. The third-order valence-corrected chi connectivity index (χ3v) is 3.81. The molecule has 0 saturated carbocycles. The van der Waals surface area contributed by atoms with Crippen molar-refractivity contribution in [3.05, 3.63) is 54.0 Å². The Bertz CT molecular complexity index is 704. The molecule has 0 radical (unpaired) electrons. The lowest BCUT2D eigenvalue weighted by atomic mass is 10.1. The van der Waals surface area contributed by atoms with Gasteiger partial charge in [-0.05, 0) is 36.4 Å². The van der Waals surface area contributed by atoms with Gasteiger partial charge in [0.25, 0.3) is 0 Å². The summed E-state index contributed by atoms with van der Waals surface area (Å²) in [5, 5.41) is 12.4. The number of ether oxygens (including phenoxy) is 1. The highest BCUT2D eigenvalue weighted by atomic mass is 16.5. The minimum absolute atomic E-state index is 0.0847. The minimum atomic E-state index is -0.255. The van der Waals surface area contributed by atoms with Gasteiger partial charge >= 0.3 is 0 Å². The number of carbonyl (C=O) groups excluding carboxylic acids is 1. The van der Waals surface area contributed by atoms with Crippen LogP contribution in [0.5, 0.6) is 0 Å². The number of nitrogens with zero attached hydrogens (tertiary/aromatic N) is 1. The van der Waals surface area contributed by atoms with Gasteiger partial charge in [0.2, 0.25) is 5.91 Å². The maximum Gasteiger partial charge on any atom is 0.248 e. The number of aliphatic hydroxyl groups is 1. The Morgan fingerprint density at radius 2 is 2.12 bits per heavy atom. The second kappa shape index (κ2) is 7.81. The number of hydrogen-bond acceptors (Lipinski definition) is 5. The molecule has 1 aliphatic heterocycles. The Morgan fingerprint density at radius 1 is 1.29 bits per heavy atom. The van der Waals surface area contributed by atoms with Gasteiger partial charge < -0.3 is 24.5 Å². The van der Waals surface area contributed by atoms with E-state index in [1.54, 1.807) is 30.5 Å². The van der Waals surface area contributed by atoms with Crippen molar-refractivity contribution in [3.8, 4) is 0 Å². The maximum atomic E-state index is 12.0. The molecule has 1 fully saturated rings. The minimum Gasteiger partial charge on any atom is -0.465 e. The molecule has 1 amide bonds. The molecule has 6 nitrogen and oxygen atoms in total. The number of hydrogen-bond donors (Lipinski definition) is 2. The normalized spacial score (nSPS) is 15.0. The maximum absolute atomic E-state index is 12.0. The van der Waals surface area contributed by atoms with Gasteiger partial charge in [-0.1, -0.05) is 0 Å². The fourth-order valence-corrected chi connectivity index (χ4v) is 2.63. The Morgan fingerprint density at radius 3 is 2.83 bits per heavy atom. The van der Waals surface area contributed by atoms with Crippen LogP contribution in [0.3, 0.4) is 0 Å². The van der Waals surface area contributed by atoms with Crippen LogP contribution in [-0.2, 0) is 16.1 Å². The highest BCUT2D eigenvalue weighted by Gasteiger charge is 2.15. The van der Waals surface area contributed by atoms with E-state index in [0.717, 1.165) is 24.3 Å². The van der Waals surface area contributed by atoms with Crippen LogP contribution in [0.15, 0.2) is 47.1 Å². The molecule has 0 bridgehead atoms. The fourth-order valence-electron chi connectivity index (χ4n) is 2.63. The molecule has 1 saturated heterocycles. The molecule has 2 N–H and O–H groups in total. The SMILES string of the molecule is O=C(/C=C/c1ccco1)Nc1ccc(N2CCOCC2)c(CO)c1. The summed E-state index contributed by atoms with van der Waals surface area (Å²) in [6.45, 7) is 2.87. The zero-order chi connectivity index (χ0) is 16.8. The van der Waals surface area contributed by atoms with Crippen LogP contribution in [0.2, 0.25) is 0 Å². The number of anilines is 2.